The van der Waals surface area contributed by atoms with Crippen LogP contribution in [0.2, 0.25) is 5.02 Å². The highest BCUT2D eigenvalue weighted by Crippen LogP contribution is 2.20. The van der Waals surface area contributed by atoms with Crippen LogP contribution in [0.5, 0.6) is 0 Å². The number of hydrogen-bond acceptors (Lipinski definition) is 3. The number of halogens is 1. The average molecular weight is 324 g/mol. The predicted octanol–water partition coefficient (Wildman–Crippen LogP) is 1.31. The fourth-order valence-corrected chi connectivity index (χ4v) is 2.68. The summed E-state index contributed by atoms with van der Waals surface area (Å²) in [5.74, 6) is -1.86. The highest BCUT2D eigenvalue weighted by Gasteiger charge is 2.29. The van der Waals surface area contributed by atoms with Gasteiger partial charge < -0.3 is 16.0 Å². The monoisotopic (exact) mass is 323 g/mol. The molecule has 1 aromatic carbocycles. The molecule has 0 aromatic heterocycles. The van der Waals surface area contributed by atoms with Gasteiger partial charge in [-0.1, -0.05) is 11.6 Å². The van der Waals surface area contributed by atoms with Gasteiger partial charge in [0.2, 0.25) is 5.91 Å². The van der Waals surface area contributed by atoms with Crippen molar-refractivity contribution in [2.24, 2.45) is 11.7 Å². The second-order valence-electron chi connectivity index (χ2n) is 5.38. The minimum atomic E-state index is -0.692. The quantitative estimate of drug-likeness (QED) is 0.804. The lowest BCUT2D eigenvalue weighted by Crippen LogP contribution is -2.46. The molecule has 7 heteroatoms. The maximum absolute atomic E-state index is 12.1. The Morgan fingerprint density at radius 1 is 1.27 bits per heavy atom. The van der Waals surface area contributed by atoms with E-state index in [2.05, 4.69) is 5.32 Å². The van der Waals surface area contributed by atoms with E-state index in [9.17, 15) is 14.4 Å². The van der Waals surface area contributed by atoms with Crippen molar-refractivity contribution >= 4 is 35.0 Å². The van der Waals surface area contributed by atoms with Crippen molar-refractivity contribution in [1.29, 1.82) is 0 Å². The van der Waals surface area contributed by atoms with Gasteiger partial charge in [0, 0.05) is 29.7 Å². The van der Waals surface area contributed by atoms with Gasteiger partial charge >= 0.3 is 11.8 Å². The first-order chi connectivity index (χ1) is 10.4. The number of nitrogens with two attached hydrogens (primary N) is 1. The van der Waals surface area contributed by atoms with E-state index < -0.39 is 11.8 Å². The summed E-state index contributed by atoms with van der Waals surface area (Å²) in [4.78, 5) is 36.7. The van der Waals surface area contributed by atoms with Crippen molar-refractivity contribution in [3.05, 3.63) is 28.8 Å². The molecule has 3 amide bonds. The lowest BCUT2D eigenvalue weighted by Gasteiger charge is -2.30. The van der Waals surface area contributed by atoms with E-state index in [1.807, 2.05) is 0 Å². The summed E-state index contributed by atoms with van der Waals surface area (Å²) in [6.07, 6.45) is 0.989. The molecule has 0 aliphatic carbocycles. The van der Waals surface area contributed by atoms with E-state index >= 15 is 0 Å². The minimum Gasteiger partial charge on any atom is -0.369 e. The van der Waals surface area contributed by atoms with Gasteiger partial charge in [0.25, 0.3) is 0 Å². The highest BCUT2D eigenvalue weighted by molar-refractivity contribution is 6.39. The molecule has 0 atom stereocenters. The van der Waals surface area contributed by atoms with Gasteiger partial charge in [0.1, 0.15) is 0 Å². The Bertz CT molecular complexity index is 610. The van der Waals surface area contributed by atoms with Crippen LogP contribution in [-0.2, 0) is 14.4 Å². The number of carbonyl (C=O) groups is 3. The molecule has 1 fully saturated rings. The van der Waals surface area contributed by atoms with Gasteiger partial charge in [0.05, 0.1) is 0 Å². The van der Waals surface area contributed by atoms with Crippen molar-refractivity contribution in [2.75, 3.05) is 18.4 Å². The largest absolute Gasteiger partial charge is 0.369 e. The molecule has 1 saturated heterocycles. The van der Waals surface area contributed by atoms with Crippen LogP contribution >= 0.6 is 11.6 Å². The summed E-state index contributed by atoms with van der Waals surface area (Å²) < 4.78 is 0. The molecule has 22 heavy (non-hydrogen) atoms. The summed E-state index contributed by atoms with van der Waals surface area (Å²) >= 11 is 5.85. The summed E-state index contributed by atoms with van der Waals surface area (Å²) in [6.45, 7) is 2.52. The zero-order chi connectivity index (χ0) is 16.3. The van der Waals surface area contributed by atoms with E-state index in [1.54, 1.807) is 25.1 Å². The fraction of sp³-hybridized carbons (Fsp3) is 0.400. The van der Waals surface area contributed by atoms with Crippen LogP contribution in [0.1, 0.15) is 18.4 Å². The second-order valence-corrected chi connectivity index (χ2v) is 5.82. The van der Waals surface area contributed by atoms with Crippen LogP contribution in [0.25, 0.3) is 0 Å². The van der Waals surface area contributed by atoms with Gasteiger partial charge in [-0.3, -0.25) is 14.4 Å². The van der Waals surface area contributed by atoms with E-state index in [-0.39, 0.29) is 11.8 Å². The molecule has 0 saturated carbocycles. The Balaban J connectivity index is 1.95. The normalized spacial score (nSPS) is 15.5. The molecule has 118 valence electrons. The number of amides is 3. The van der Waals surface area contributed by atoms with Crippen LogP contribution in [0.3, 0.4) is 0 Å². The Hall–Kier alpha value is -2.08. The van der Waals surface area contributed by atoms with Gasteiger partial charge in [-0.15, -0.1) is 0 Å². The number of primary amides is 1. The SMILES string of the molecule is Cc1cc(Cl)ccc1NC(=O)C(=O)N1CCC(C(N)=O)CC1. The molecule has 1 aliphatic heterocycles. The summed E-state index contributed by atoms with van der Waals surface area (Å²) in [6, 6.07) is 5.01. The number of benzene rings is 1. The maximum atomic E-state index is 12.1. The Morgan fingerprint density at radius 2 is 1.91 bits per heavy atom. The van der Waals surface area contributed by atoms with Crippen LogP contribution < -0.4 is 11.1 Å². The number of nitrogens with zero attached hydrogens (tertiary/aromatic N) is 1. The highest BCUT2D eigenvalue weighted by atomic mass is 35.5. The number of rotatable bonds is 2. The Kier molecular flexibility index (Phi) is 5.03. The molecule has 2 rings (SSSR count). The standard InChI is InChI=1S/C15H18ClN3O3/c1-9-8-11(16)2-3-12(9)18-14(21)15(22)19-6-4-10(5-7-19)13(17)20/h2-3,8,10H,4-7H2,1H3,(H2,17,20)(H,18,21). The molecular weight excluding hydrogens is 306 g/mol. The average Bonchev–Trinajstić information content (AvgIpc) is 2.49. The molecular formula is C15H18ClN3O3. The number of hydrogen-bond donors (Lipinski definition) is 2. The lowest BCUT2D eigenvalue weighted by atomic mass is 9.96. The number of likely N-dealkylation sites (tertiary alicyclic amines) is 1. The molecule has 1 aliphatic rings. The topological polar surface area (TPSA) is 92.5 Å². The minimum absolute atomic E-state index is 0.217. The van der Waals surface area contributed by atoms with Crippen molar-refractivity contribution in [3.8, 4) is 0 Å². The molecule has 0 bridgehead atoms. The van der Waals surface area contributed by atoms with Gasteiger partial charge in [-0.05, 0) is 43.5 Å². The molecule has 1 heterocycles. The summed E-state index contributed by atoms with van der Waals surface area (Å²) in [7, 11) is 0. The zero-order valence-electron chi connectivity index (χ0n) is 12.3. The number of carbonyl (C=O) groups excluding carboxylic acids is 3. The summed E-state index contributed by atoms with van der Waals surface area (Å²) in [5, 5.41) is 3.15. The number of piperidine rings is 1. The van der Waals surface area contributed by atoms with Crippen LogP contribution in [0, 0.1) is 12.8 Å². The van der Waals surface area contributed by atoms with Crippen molar-refractivity contribution in [3.63, 3.8) is 0 Å². The molecule has 6 nitrogen and oxygen atoms in total. The molecule has 0 radical (unpaired) electrons. The first-order valence-corrected chi connectivity index (χ1v) is 7.42. The smallest absolute Gasteiger partial charge is 0.313 e. The Morgan fingerprint density at radius 3 is 2.45 bits per heavy atom. The van der Waals surface area contributed by atoms with E-state index in [4.69, 9.17) is 17.3 Å². The van der Waals surface area contributed by atoms with Crippen LogP contribution in [0.4, 0.5) is 5.69 Å². The number of anilines is 1. The third kappa shape index (κ3) is 3.76. The van der Waals surface area contributed by atoms with E-state index in [0.717, 1.165) is 5.56 Å². The third-order valence-corrected chi connectivity index (χ3v) is 4.05. The lowest BCUT2D eigenvalue weighted by molar-refractivity contribution is -0.144. The van der Waals surface area contributed by atoms with Gasteiger partial charge in [-0.25, -0.2) is 0 Å². The van der Waals surface area contributed by atoms with E-state index in [0.29, 0.717) is 36.6 Å². The number of aryl methyl sites for hydroxylation is 1. The molecule has 1 aromatic rings. The second kappa shape index (κ2) is 6.79. The van der Waals surface area contributed by atoms with Gasteiger partial charge in [0.15, 0.2) is 0 Å². The maximum Gasteiger partial charge on any atom is 0.313 e. The van der Waals surface area contributed by atoms with Crippen molar-refractivity contribution in [1.82, 2.24) is 4.90 Å². The first-order valence-electron chi connectivity index (χ1n) is 7.04. The fourth-order valence-electron chi connectivity index (χ4n) is 2.45. The Labute approximate surface area is 133 Å². The molecule has 0 spiro atoms. The number of nitrogens with one attached hydrogen (secondary N) is 1. The first kappa shape index (κ1) is 16.3. The van der Waals surface area contributed by atoms with Crippen LogP contribution in [-0.4, -0.2) is 35.7 Å². The molecule has 0 unspecified atom stereocenters. The van der Waals surface area contributed by atoms with Crippen molar-refractivity contribution in [2.45, 2.75) is 19.8 Å². The third-order valence-electron chi connectivity index (χ3n) is 3.82. The van der Waals surface area contributed by atoms with E-state index in [1.165, 1.54) is 4.90 Å². The zero-order valence-corrected chi connectivity index (χ0v) is 13.0. The predicted molar refractivity (Wildman–Crippen MR) is 83.3 cm³/mol. The molecule has 3 N–H and O–H groups in total. The van der Waals surface area contributed by atoms with Crippen LogP contribution in [0.15, 0.2) is 18.2 Å². The van der Waals surface area contributed by atoms with Crippen molar-refractivity contribution < 1.29 is 14.4 Å². The van der Waals surface area contributed by atoms with Gasteiger partial charge in [-0.2, -0.15) is 0 Å². The summed E-state index contributed by atoms with van der Waals surface area (Å²) in [5.41, 5.74) is 6.58.